The standard InChI is InChI=1S/C16H27ClN2/c1-13(2)10-14(11-18)8-9-19(3)12-15-6-4-5-7-16(15)17/h4-7,13-14H,8-12,18H2,1-3H3. The first-order valence-electron chi connectivity index (χ1n) is 7.15. The summed E-state index contributed by atoms with van der Waals surface area (Å²) < 4.78 is 0. The number of benzene rings is 1. The Morgan fingerprint density at radius 1 is 1.26 bits per heavy atom. The molecule has 1 aromatic rings. The molecule has 0 aliphatic carbocycles. The molecule has 2 nitrogen and oxygen atoms in total. The van der Waals surface area contributed by atoms with E-state index in [0.717, 1.165) is 37.0 Å². The minimum absolute atomic E-state index is 0.633. The van der Waals surface area contributed by atoms with E-state index in [0.29, 0.717) is 5.92 Å². The van der Waals surface area contributed by atoms with Gasteiger partial charge in [0.2, 0.25) is 0 Å². The van der Waals surface area contributed by atoms with Crippen LogP contribution in [0.4, 0.5) is 0 Å². The van der Waals surface area contributed by atoms with Crippen LogP contribution in [0, 0.1) is 11.8 Å². The highest BCUT2D eigenvalue weighted by atomic mass is 35.5. The van der Waals surface area contributed by atoms with Crippen LogP contribution in [0.25, 0.3) is 0 Å². The summed E-state index contributed by atoms with van der Waals surface area (Å²) >= 11 is 6.18. The Morgan fingerprint density at radius 2 is 1.95 bits per heavy atom. The van der Waals surface area contributed by atoms with Crippen molar-refractivity contribution in [1.82, 2.24) is 4.90 Å². The molecule has 0 bridgehead atoms. The summed E-state index contributed by atoms with van der Waals surface area (Å²) in [6.45, 7) is 7.28. The van der Waals surface area contributed by atoms with Gasteiger partial charge in [-0.2, -0.15) is 0 Å². The lowest BCUT2D eigenvalue weighted by molar-refractivity contribution is 0.279. The second-order valence-electron chi connectivity index (χ2n) is 5.85. The van der Waals surface area contributed by atoms with Crippen LogP contribution < -0.4 is 5.73 Å². The van der Waals surface area contributed by atoms with E-state index in [2.05, 4.69) is 31.9 Å². The molecular weight excluding hydrogens is 256 g/mol. The summed E-state index contributed by atoms with van der Waals surface area (Å²) in [5, 5.41) is 0.854. The van der Waals surface area contributed by atoms with Crippen LogP contribution in [0.1, 0.15) is 32.3 Å². The first-order valence-corrected chi connectivity index (χ1v) is 7.52. The Kier molecular flexibility index (Phi) is 7.44. The molecule has 0 aliphatic heterocycles. The summed E-state index contributed by atoms with van der Waals surface area (Å²) in [6.07, 6.45) is 2.38. The van der Waals surface area contributed by atoms with Crippen molar-refractivity contribution in [3.05, 3.63) is 34.9 Å². The van der Waals surface area contributed by atoms with E-state index in [1.807, 2.05) is 18.2 Å². The van der Waals surface area contributed by atoms with Crippen molar-refractivity contribution in [1.29, 1.82) is 0 Å². The molecule has 0 aliphatic rings. The topological polar surface area (TPSA) is 29.3 Å². The van der Waals surface area contributed by atoms with Gasteiger partial charge in [0.25, 0.3) is 0 Å². The molecule has 0 heterocycles. The molecule has 108 valence electrons. The van der Waals surface area contributed by atoms with Crippen molar-refractivity contribution >= 4 is 11.6 Å². The third-order valence-electron chi connectivity index (χ3n) is 3.46. The van der Waals surface area contributed by atoms with Crippen LogP contribution in [0.3, 0.4) is 0 Å². The lowest BCUT2D eigenvalue weighted by Gasteiger charge is -2.22. The van der Waals surface area contributed by atoms with Crippen molar-refractivity contribution in [2.24, 2.45) is 17.6 Å². The number of rotatable bonds is 8. The van der Waals surface area contributed by atoms with E-state index in [4.69, 9.17) is 17.3 Å². The SMILES string of the molecule is CC(C)CC(CN)CCN(C)Cc1ccccc1Cl. The van der Waals surface area contributed by atoms with Crippen LogP contribution in [-0.2, 0) is 6.54 Å². The largest absolute Gasteiger partial charge is 0.330 e. The quantitative estimate of drug-likeness (QED) is 0.786. The molecule has 3 heteroatoms. The third-order valence-corrected chi connectivity index (χ3v) is 3.82. The monoisotopic (exact) mass is 282 g/mol. The van der Waals surface area contributed by atoms with Gasteiger partial charge in [-0.3, -0.25) is 0 Å². The van der Waals surface area contributed by atoms with Crippen LogP contribution in [-0.4, -0.2) is 25.0 Å². The van der Waals surface area contributed by atoms with Crippen molar-refractivity contribution in [2.75, 3.05) is 20.1 Å². The number of halogens is 1. The normalized spacial score (nSPS) is 13.2. The van der Waals surface area contributed by atoms with Gasteiger partial charge in [0.1, 0.15) is 0 Å². The molecule has 0 saturated carbocycles. The van der Waals surface area contributed by atoms with Crippen LogP contribution in [0.15, 0.2) is 24.3 Å². The average molecular weight is 283 g/mol. The second kappa shape index (κ2) is 8.57. The van der Waals surface area contributed by atoms with Gasteiger partial charge in [0.05, 0.1) is 0 Å². The van der Waals surface area contributed by atoms with Gasteiger partial charge >= 0.3 is 0 Å². The van der Waals surface area contributed by atoms with Crippen molar-refractivity contribution in [3.8, 4) is 0 Å². The first-order chi connectivity index (χ1) is 9.02. The number of hydrogen-bond donors (Lipinski definition) is 1. The minimum atomic E-state index is 0.633. The summed E-state index contributed by atoms with van der Waals surface area (Å²) in [5.41, 5.74) is 7.04. The molecule has 0 amide bonds. The molecular formula is C16H27ClN2. The van der Waals surface area contributed by atoms with Crippen LogP contribution in [0.5, 0.6) is 0 Å². The molecule has 1 aromatic carbocycles. The predicted molar refractivity (Wildman–Crippen MR) is 84.4 cm³/mol. The maximum absolute atomic E-state index is 6.18. The molecule has 19 heavy (non-hydrogen) atoms. The van der Waals surface area contributed by atoms with Gasteiger partial charge < -0.3 is 10.6 Å². The second-order valence-corrected chi connectivity index (χ2v) is 6.26. The molecule has 1 atom stereocenters. The zero-order valence-electron chi connectivity index (χ0n) is 12.4. The number of nitrogens with two attached hydrogens (primary N) is 1. The maximum Gasteiger partial charge on any atom is 0.0451 e. The van der Waals surface area contributed by atoms with Crippen LogP contribution in [0.2, 0.25) is 5.02 Å². The maximum atomic E-state index is 6.18. The molecule has 2 N–H and O–H groups in total. The minimum Gasteiger partial charge on any atom is -0.330 e. The zero-order chi connectivity index (χ0) is 14.3. The highest BCUT2D eigenvalue weighted by Crippen LogP contribution is 2.18. The van der Waals surface area contributed by atoms with Crippen molar-refractivity contribution in [3.63, 3.8) is 0 Å². The Morgan fingerprint density at radius 3 is 2.53 bits per heavy atom. The Bertz CT molecular complexity index is 366. The van der Waals surface area contributed by atoms with Crippen molar-refractivity contribution in [2.45, 2.75) is 33.2 Å². The molecule has 0 spiro atoms. The fourth-order valence-electron chi connectivity index (χ4n) is 2.40. The van der Waals surface area contributed by atoms with Gasteiger partial charge in [-0.05, 0) is 56.4 Å². The van der Waals surface area contributed by atoms with Gasteiger partial charge in [0, 0.05) is 11.6 Å². The third kappa shape index (κ3) is 6.42. The molecule has 1 unspecified atom stereocenters. The van der Waals surface area contributed by atoms with Gasteiger partial charge in [-0.1, -0.05) is 43.6 Å². The molecule has 0 aromatic heterocycles. The highest BCUT2D eigenvalue weighted by Gasteiger charge is 2.11. The fraction of sp³-hybridized carbons (Fsp3) is 0.625. The Labute approximate surface area is 122 Å². The smallest absolute Gasteiger partial charge is 0.0451 e. The summed E-state index contributed by atoms with van der Waals surface area (Å²) in [5.74, 6) is 1.36. The molecule has 0 fully saturated rings. The summed E-state index contributed by atoms with van der Waals surface area (Å²) in [4.78, 5) is 2.32. The summed E-state index contributed by atoms with van der Waals surface area (Å²) in [7, 11) is 2.15. The van der Waals surface area contributed by atoms with Crippen LogP contribution >= 0.6 is 11.6 Å². The summed E-state index contributed by atoms with van der Waals surface area (Å²) in [6, 6.07) is 8.05. The Hall–Kier alpha value is -0.570. The van der Waals surface area contributed by atoms with E-state index in [1.54, 1.807) is 0 Å². The molecule has 1 rings (SSSR count). The van der Waals surface area contributed by atoms with Gasteiger partial charge in [-0.15, -0.1) is 0 Å². The average Bonchev–Trinajstić information content (AvgIpc) is 2.37. The van der Waals surface area contributed by atoms with E-state index in [-0.39, 0.29) is 0 Å². The van der Waals surface area contributed by atoms with E-state index in [1.165, 1.54) is 12.0 Å². The lowest BCUT2D eigenvalue weighted by Crippen LogP contribution is -2.25. The van der Waals surface area contributed by atoms with Crippen molar-refractivity contribution < 1.29 is 0 Å². The number of hydrogen-bond acceptors (Lipinski definition) is 2. The first kappa shape index (κ1) is 16.5. The van der Waals surface area contributed by atoms with E-state index in [9.17, 15) is 0 Å². The molecule has 0 radical (unpaired) electrons. The highest BCUT2D eigenvalue weighted by molar-refractivity contribution is 6.31. The predicted octanol–water partition coefficient (Wildman–Crippen LogP) is 3.78. The lowest BCUT2D eigenvalue weighted by atomic mass is 9.94. The van der Waals surface area contributed by atoms with Gasteiger partial charge in [-0.25, -0.2) is 0 Å². The fourth-order valence-corrected chi connectivity index (χ4v) is 2.59. The molecule has 0 saturated heterocycles. The van der Waals surface area contributed by atoms with E-state index < -0.39 is 0 Å². The Balaban J connectivity index is 2.39. The zero-order valence-corrected chi connectivity index (χ0v) is 13.2. The van der Waals surface area contributed by atoms with Gasteiger partial charge in [0.15, 0.2) is 0 Å². The van der Waals surface area contributed by atoms with E-state index >= 15 is 0 Å². The number of nitrogens with zero attached hydrogens (tertiary/aromatic N) is 1.